The molecule has 2 aromatic rings. The Morgan fingerprint density at radius 3 is 2.79 bits per heavy atom. The number of nitrogens with zero attached hydrogens (tertiary/aromatic N) is 3. The standard InChI is InChI=1S/C17H16BrFN4O4S/c18-12-2-4-16(22-7-12)28(25,26)23-8-15(17(24,9-21)10-23)27-13-3-1-11(6-20)14(19)5-13/h1-5,7,15,24H,8-10,21H2/t15-,17-/m0/s1. The van der Waals surface area contributed by atoms with Crippen LogP contribution in [0, 0.1) is 17.1 Å². The lowest BCUT2D eigenvalue weighted by atomic mass is 10.0. The van der Waals surface area contributed by atoms with Crippen molar-refractivity contribution >= 4 is 26.0 Å². The molecule has 0 bridgehead atoms. The van der Waals surface area contributed by atoms with Gasteiger partial charge in [0.2, 0.25) is 0 Å². The van der Waals surface area contributed by atoms with Gasteiger partial charge in [-0.1, -0.05) is 0 Å². The lowest BCUT2D eigenvalue weighted by molar-refractivity contribution is -0.0201. The number of aliphatic hydroxyl groups is 1. The molecule has 2 heterocycles. The number of nitrogens with two attached hydrogens (primary N) is 1. The minimum absolute atomic E-state index is 0.0504. The zero-order chi connectivity index (χ0) is 20.5. The van der Waals surface area contributed by atoms with Crippen molar-refractivity contribution in [2.24, 2.45) is 5.73 Å². The van der Waals surface area contributed by atoms with E-state index in [0.717, 1.165) is 10.4 Å². The second-order valence-corrected chi connectivity index (χ2v) is 9.08. The largest absolute Gasteiger partial charge is 0.486 e. The normalized spacial score (nSPS) is 22.8. The number of β-amino-alcohol motifs (C(OH)–C–C–N with tert-alkyl or cyclic N) is 1. The molecule has 1 fully saturated rings. The third-order valence-corrected chi connectivity index (χ3v) is 6.61. The zero-order valence-corrected chi connectivity index (χ0v) is 16.8. The first kappa shape index (κ1) is 20.6. The van der Waals surface area contributed by atoms with Crippen LogP contribution < -0.4 is 10.5 Å². The first-order valence-corrected chi connectivity index (χ1v) is 10.3. The molecule has 0 amide bonds. The highest BCUT2D eigenvalue weighted by Gasteiger charge is 2.50. The van der Waals surface area contributed by atoms with E-state index in [9.17, 15) is 17.9 Å². The highest BCUT2D eigenvalue weighted by Crippen LogP contribution is 2.30. The van der Waals surface area contributed by atoms with E-state index in [0.29, 0.717) is 4.47 Å². The Hall–Kier alpha value is -2.10. The summed E-state index contributed by atoms with van der Waals surface area (Å²) in [4.78, 5) is 3.90. The summed E-state index contributed by atoms with van der Waals surface area (Å²) in [7, 11) is -3.99. The Labute approximate surface area is 169 Å². The summed E-state index contributed by atoms with van der Waals surface area (Å²) in [5.74, 6) is -0.729. The third-order valence-electron chi connectivity index (χ3n) is 4.42. The predicted molar refractivity (Wildman–Crippen MR) is 100 cm³/mol. The number of halogens is 2. The van der Waals surface area contributed by atoms with Gasteiger partial charge in [0.1, 0.15) is 29.3 Å². The number of rotatable bonds is 5. The number of hydrogen-bond acceptors (Lipinski definition) is 7. The topological polar surface area (TPSA) is 130 Å². The molecule has 3 N–H and O–H groups in total. The van der Waals surface area contributed by atoms with E-state index in [4.69, 9.17) is 15.7 Å². The average molecular weight is 471 g/mol. The van der Waals surface area contributed by atoms with Gasteiger partial charge in [-0.3, -0.25) is 0 Å². The lowest BCUT2D eigenvalue weighted by Gasteiger charge is -2.27. The van der Waals surface area contributed by atoms with E-state index >= 15 is 0 Å². The van der Waals surface area contributed by atoms with Gasteiger partial charge in [0.15, 0.2) is 5.03 Å². The number of nitriles is 1. The van der Waals surface area contributed by atoms with E-state index in [1.807, 2.05) is 0 Å². The van der Waals surface area contributed by atoms with Crippen molar-refractivity contribution in [2.45, 2.75) is 16.7 Å². The predicted octanol–water partition coefficient (Wildman–Crippen LogP) is 0.997. The molecule has 1 saturated heterocycles. The second-order valence-electron chi connectivity index (χ2n) is 6.28. The van der Waals surface area contributed by atoms with Gasteiger partial charge in [0.25, 0.3) is 10.0 Å². The van der Waals surface area contributed by atoms with E-state index in [2.05, 4.69) is 20.9 Å². The summed E-state index contributed by atoms with van der Waals surface area (Å²) >= 11 is 3.19. The molecule has 11 heteroatoms. The summed E-state index contributed by atoms with van der Waals surface area (Å²) in [5, 5.41) is 19.4. The van der Waals surface area contributed by atoms with Gasteiger partial charge < -0.3 is 15.6 Å². The van der Waals surface area contributed by atoms with Crippen LogP contribution in [0.1, 0.15) is 5.56 Å². The van der Waals surface area contributed by atoms with Crippen molar-refractivity contribution in [2.75, 3.05) is 19.6 Å². The number of ether oxygens (including phenoxy) is 1. The molecule has 0 spiro atoms. The molecule has 3 rings (SSSR count). The van der Waals surface area contributed by atoms with E-state index in [-0.39, 0.29) is 36.0 Å². The van der Waals surface area contributed by atoms with E-state index < -0.39 is 27.5 Å². The Morgan fingerprint density at radius 2 is 2.21 bits per heavy atom. The minimum Gasteiger partial charge on any atom is -0.486 e. The van der Waals surface area contributed by atoms with Crippen LogP contribution in [0.3, 0.4) is 0 Å². The molecule has 0 radical (unpaired) electrons. The van der Waals surface area contributed by atoms with Crippen molar-refractivity contribution in [1.29, 1.82) is 5.26 Å². The molecule has 0 aliphatic carbocycles. The van der Waals surface area contributed by atoms with Crippen LogP contribution in [0.5, 0.6) is 5.75 Å². The van der Waals surface area contributed by atoms with Crippen molar-refractivity contribution in [3.63, 3.8) is 0 Å². The smallest absolute Gasteiger partial charge is 0.260 e. The van der Waals surface area contributed by atoms with Crippen LogP contribution in [0.4, 0.5) is 4.39 Å². The summed E-state index contributed by atoms with van der Waals surface area (Å²) in [6.45, 7) is -0.765. The average Bonchev–Trinajstić information content (AvgIpc) is 3.00. The van der Waals surface area contributed by atoms with Crippen LogP contribution >= 0.6 is 15.9 Å². The lowest BCUT2D eigenvalue weighted by Crippen LogP contribution is -2.50. The molecule has 1 aliphatic heterocycles. The van der Waals surface area contributed by atoms with Crippen LogP contribution in [0.15, 0.2) is 46.0 Å². The molecule has 2 atom stereocenters. The van der Waals surface area contributed by atoms with Crippen LogP contribution in [-0.2, 0) is 10.0 Å². The molecule has 148 valence electrons. The fourth-order valence-electron chi connectivity index (χ4n) is 2.82. The minimum atomic E-state index is -3.99. The summed E-state index contributed by atoms with van der Waals surface area (Å²) in [5.41, 5.74) is 3.83. The van der Waals surface area contributed by atoms with Gasteiger partial charge in [0, 0.05) is 29.8 Å². The molecule has 0 unspecified atom stereocenters. The summed E-state index contributed by atoms with van der Waals surface area (Å²) < 4.78 is 46.7. The maximum Gasteiger partial charge on any atom is 0.260 e. The first-order valence-electron chi connectivity index (χ1n) is 8.10. The van der Waals surface area contributed by atoms with Gasteiger partial charge in [-0.15, -0.1) is 0 Å². The van der Waals surface area contributed by atoms with Gasteiger partial charge in [-0.2, -0.15) is 9.57 Å². The maximum absolute atomic E-state index is 13.8. The molecule has 28 heavy (non-hydrogen) atoms. The quantitative estimate of drug-likeness (QED) is 0.666. The Balaban J connectivity index is 1.86. The summed E-state index contributed by atoms with van der Waals surface area (Å²) in [6.07, 6.45) is 0.320. The molecular formula is C17H16BrFN4O4S. The van der Waals surface area contributed by atoms with E-state index in [1.54, 1.807) is 12.1 Å². The number of sulfonamides is 1. The van der Waals surface area contributed by atoms with Crippen LogP contribution in [0.25, 0.3) is 0 Å². The molecule has 1 aromatic carbocycles. The third kappa shape index (κ3) is 3.87. The second kappa shape index (κ2) is 7.73. The number of aromatic nitrogens is 1. The van der Waals surface area contributed by atoms with Crippen molar-refractivity contribution < 1.29 is 22.7 Å². The SMILES string of the molecule is N#Cc1ccc(O[C@H]2CN(S(=O)(=O)c3ccc(Br)cn3)C[C@@]2(O)CN)cc1F. The molecular weight excluding hydrogens is 455 g/mol. The first-order chi connectivity index (χ1) is 13.2. The Morgan fingerprint density at radius 1 is 1.46 bits per heavy atom. The number of hydrogen-bond donors (Lipinski definition) is 2. The number of pyridine rings is 1. The Kier molecular flexibility index (Phi) is 5.69. The molecule has 8 nitrogen and oxygen atoms in total. The van der Waals surface area contributed by atoms with Crippen molar-refractivity contribution in [3.8, 4) is 11.8 Å². The fraction of sp³-hybridized carbons (Fsp3) is 0.294. The zero-order valence-electron chi connectivity index (χ0n) is 14.4. The van der Waals surface area contributed by atoms with E-state index in [1.165, 1.54) is 24.4 Å². The van der Waals surface area contributed by atoms with Crippen molar-refractivity contribution in [1.82, 2.24) is 9.29 Å². The van der Waals surface area contributed by atoms with Gasteiger partial charge in [-0.25, -0.2) is 17.8 Å². The molecule has 1 aromatic heterocycles. The van der Waals surface area contributed by atoms with Gasteiger partial charge in [0.05, 0.1) is 12.1 Å². The summed E-state index contributed by atoms with van der Waals surface area (Å²) in [6, 6.07) is 8.18. The van der Waals surface area contributed by atoms with Gasteiger partial charge in [-0.05, 0) is 40.2 Å². The fourth-order valence-corrected chi connectivity index (χ4v) is 4.47. The van der Waals surface area contributed by atoms with Gasteiger partial charge >= 0.3 is 0 Å². The van der Waals surface area contributed by atoms with Crippen LogP contribution in [-0.4, -0.2) is 54.2 Å². The molecule has 1 aliphatic rings. The monoisotopic (exact) mass is 470 g/mol. The maximum atomic E-state index is 13.8. The highest BCUT2D eigenvalue weighted by atomic mass is 79.9. The molecule has 0 saturated carbocycles. The Bertz CT molecular complexity index is 1030. The van der Waals surface area contributed by atoms with Crippen LogP contribution in [0.2, 0.25) is 0 Å². The number of benzene rings is 1. The highest BCUT2D eigenvalue weighted by molar-refractivity contribution is 9.10. The van der Waals surface area contributed by atoms with Crippen molar-refractivity contribution in [3.05, 3.63) is 52.4 Å².